The van der Waals surface area contributed by atoms with Crippen LogP contribution in [0.2, 0.25) is 0 Å². The van der Waals surface area contributed by atoms with Crippen LogP contribution in [0.25, 0.3) is 11.2 Å². The Kier molecular flexibility index (Phi) is 3.85. The lowest BCUT2D eigenvalue weighted by molar-refractivity contribution is 0.270. The molecule has 2 unspecified atom stereocenters. The first-order chi connectivity index (χ1) is 10.6. The van der Waals surface area contributed by atoms with Gasteiger partial charge in [-0.05, 0) is 19.8 Å². The molecular weight excluding hydrogens is 302 g/mol. The van der Waals surface area contributed by atoms with Gasteiger partial charge in [-0.1, -0.05) is 5.92 Å². The minimum Gasteiger partial charge on any atom is -0.476 e. The lowest BCUT2D eigenvalue weighted by Crippen LogP contribution is -2.23. The number of hydrogen-bond acceptors (Lipinski definition) is 7. The first-order valence-corrected chi connectivity index (χ1v) is 7.89. The van der Waals surface area contributed by atoms with Crippen LogP contribution in [-0.4, -0.2) is 42.6 Å². The summed E-state index contributed by atoms with van der Waals surface area (Å²) in [7, 11) is 0. The molecule has 0 amide bonds. The average molecular weight is 319 g/mol. The molecule has 0 radical (unpaired) electrons. The van der Waals surface area contributed by atoms with E-state index in [4.69, 9.17) is 16.9 Å². The molecule has 8 heteroatoms. The number of terminal acetylenes is 1. The van der Waals surface area contributed by atoms with Crippen LogP contribution in [0.3, 0.4) is 0 Å². The van der Waals surface area contributed by atoms with Gasteiger partial charge in [-0.3, -0.25) is 0 Å². The Balaban J connectivity index is 2.04. The van der Waals surface area contributed by atoms with Gasteiger partial charge in [0.25, 0.3) is 0 Å². The average Bonchev–Trinajstić information content (AvgIpc) is 3.11. The molecule has 3 rings (SSSR count). The molecule has 1 saturated heterocycles. The molecule has 7 nitrogen and oxygen atoms in total. The molecule has 1 aliphatic rings. The summed E-state index contributed by atoms with van der Waals surface area (Å²) in [6, 6.07) is 0. The first-order valence-electron chi connectivity index (χ1n) is 7.01. The van der Waals surface area contributed by atoms with Crippen LogP contribution in [-0.2, 0) is 0 Å². The standard InChI is InChI=1S/C14H17N5O2S/c1-3-14(7-20)6-5-9(22-14)19-8-16-11-10(19)12(21-4-2)18-13(15)17-11/h1,8-9,20H,4-7H2,2H3,(H2,15,17,18). The van der Waals surface area contributed by atoms with E-state index in [1.807, 2.05) is 11.5 Å². The van der Waals surface area contributed by atoms with Crippen molar-refractivity contribution in [2.75, 3.05) is 18.9 Å². The third-order valence-electron chi connectivity index (χ3n) is 3.68. The predicted octanol–water partition coefficient (Wildman–Crippen LogP) is 1.20. The van der Waals surface area contributed by atoms with Gasteiger partial charge < -0.3 is 20.1 Å². The van der Waals surface area contributed by atoms with Gasteiger partial charge in [0.1, 0.15) is 4.75 Å². The number of nitrogen functional groups attached to an aromatic ring is 1. The number of anilines is 1. The van der Waals surface area contributed by atoms with Gasteiger partial charge >= 0.3 is 0 Å². The lowest BCUT2D eigenvalue weighted by Gasteiger charge is -2.20. The fraction of sp³-hybridized carbons (Fsp3) is 0.500. The maximum atomic E-state index is 9.57. The Labute approximate surface area is 132 Å². The lowest BCUT2D eigenvalue weighted by atomic mass is 10.1. The van der Waals surface area contributed by atoms with Crippen molar-refractivity contribution in [3.63, 3.8) is 0 Å². The van der Waals surface area contributed by atoms with E-state index in [1.165, 1.54) is 0 Å². The number of aliphatic hydroxyl groups is 1. The third kappa shape index (κ3) is 2.36. The van der Waals surface area contributed by atoms with E-state index in [-0.39, 0.29) is 17.9 Å². The molecule has 3 N–H and O–H groups in total. The number of thioether (sulfide) groups is 1. The molecule has 0 aromatic carbocycles. The van der Waals surface area contributed by atoms with Crippen molar-refractivity contribution in [3.05, 3.63) is 6.33 Å². The van der Waals surface area contributed by atoms with E-state index in [0.29, 0.717) is 23.7 Å². The zero-order chi connectivity index (χ0) is 15.7. The summed E-state index contributed by atoms with van der Waals surface area (Å²) in [6.45, 7) is 2.31. The molecule has 2 aromatic rings. The topological polar surface area (TPSA) is 99.1 Å². The summed E-state index contributed by atoms with van der Waals surface area (Å²) in [4.78, 5) is 12.6. The van der Waals surface area contributed by atoms with Gasteiger partial charge in [0.2, 0.25) is 11.8 Å². The monoisotopic (exact) mass is 319 g/mol. The number of fused-ring (bicyclic) bond motifs is 1. The van der Waals surface area contributed by atoms with Crippen LogP contribution in [0.5, 0.6) is 5.88 Å². The van der Waals surface area contributed by atoms with Crippen LogP contribution >= 0.6 is 11.8 Å². The van der Waals surface area contributed by atoms with Gasteiger partial charge in [0.15, 0.2) is 11.2 Å². The summed E-state index contributed by atoms with van der Waals surface area (Å²) < 4.78 is 6.99. The highest BCUT2D eigenvalue weighted by Crippen LogP contribution is 2.49. The van der Waals surface area contributed by atoms with Crippen molar-refractivity contribution in [2.45, 2.75) is 29.9 Å². The number of nitrogens with zero attached hydrogens (tertiary/aromatic N) is 4. The molecule has 116 valence electrons. The summed E-state index contributed by atoms with van der Waals surface area (Å²) in [5.74, 6) is 3.27. The van der Waals surface area contributed by atoms with Gasteiger partial charge in [-0.2, -0.15) is 9.97 Å². The maximum absolute atomic E-state index is 9.57. The fourth-order valence-electron chi connectivity index (χ4n) is 2.58. The van der Waals surface area contributed by atoms with Gasteiger partial charge in [-0.25, -0.2) is 4.98 Å². The van der Waals surface area contributed by atoms with Crippen molar-refractivity contribution < 1.29 is 9.84 Å². The predicted molar refractivity (Wildman–Crippen MR) is 85.4 cm³/mol. The largest absolute Gasteiger partial charge is 0.476 e. The molecule has 0 spiro atoms. The second-order valence-electron chi connectivity index (χ2n) is 5.05. The fourth-order valence-corrected chi connectivity index (χ4v) is 3.99. The molecule has 0 aliphatic carbocycles. The minimum atomic E-state index is -0.540. The molecule has 1 fully saturated rings. The number of hydrogen-bond donors (Lipinski definition) is 2. The van der Waals surface area contributed by atoms with Gasteiger partial charge in [0.05, 0.1) is 24.9 Å². The minimum absolute atomic E-state index is 0.0426. The smallest absolute Gasteiger partial charge is 0.245 e. The highest BCUT2D eigenvalue weighted by molar-refractivity contribution is 8.01. The molecule has 0 saturated carbocycles. The number of rotatable bonds is 4. The van der Waals surface area contributed by atoms with Gasteiger partial charge in [-0.15, -0.1) is 18.2 Å². The van der Waals surface area contributed by atoms with Crippen molar-refractivity contribution in [2.24, 2.45) is 0 Å². The Morgan fingerprint density at radius 1 is 1.64 bits per heavy atom. The second-order valence-corrected chi connectivity index (χ2v) is 6.61. The SMILES string of the molecule is C#CC1(CO)CCC(n2cnc3nc(N)nc(OCC)c32)S1. The van der Waals surface area contributed by atoms with Crippen molar-refractivity contribution in [1.29, 1.82) is 0 Å². The van der Waals surface area contributed by atoms with E-state index >= 15 is 0 Å². The van der Waals surface area contributed by atoms with Crippen molar-refractivity contribution >= 4 is 28.9 Å². The summed E-state index contributed by atoms with van der Waals surface area (Å²) in [5.41, 5.74) is 6.89. The summed E-state index contributed by atoms with van der Waals surface area (Å²) in [6.07, 6.45) is 8.86. The number of aliphatic hydroxyl groups excluding tert-OH is 1. The van der Waals surface area contributed by atoms with Crippen LogP contribution in [0.4, 0.5) is 5.95 Å². The maximum Gasteiger partial charge on any atom is 0.245 e. The number of imidazole rings is 1. The quantitative estimate of drug-likeness (QED) is 0.817. The van der Waals surface area contributed by atoms with E-state index in [0.717, 1.165) is 12.8 Å². The molecule has 2 aromatic heterocycles. The number of aromatic nitrogens is 4. The molecule has 3 heterocycles. The zero-order valence-electron chi connectivity index (χ0n) is 12.2. The van der Waals surface area contributed by atoms with E-state index in [1.54, 1.807) is 18.1 Å². The second kappa shape index (κ2) is 5.66. The number of ether oxygens (including phenoxy) is 1. The van der Waals surface area contributed by atoms with Crippen LogP contribution < -0.4 is 10.5 Å². The Morgan fingerprint density at radius 3 is 3.09 bits per heavy atom. The molecule has 2 atom stereocenters. The highest BCUT2D eigenvalue weighted by Gasteiger charge is 2.39. The Morgan fingerprint density at radius 2 is 2.45 bits per heavy atom. The molecule has 1 aliphatic heterocycles. The molecule has 0 bridgehead atoms. The normalized spacial score (nSPS) is 24.5. The van der Waals surface area contributed by atoms with E-state index in [9.17, 15) is 5.11 Å². The van der Waals surface area contributed by atoms with E-state index < -0.39 is 4.75 Å². The third-order valence-corrected chi connectivity index (χ3v) is 5.32. The molecule has 22 heavy (non-hydrogen) atoms. The first kappa shape index (κ1) is 14.9. The molecular formula is C14H17N5O2S. The van der Waals surface area contributed by atoms with Crippen molar-refractivity contribution in [3.8, 4) is 18.2 Å². The number of nitrogens with two attached hydrogens (primary N) is 1. The van der Waals surface area contributed by atoms with E-state index in [2.05, 4.69) is 20.9 Å². The highest BCUT2D eigenvalue weighted by atomic mass is 32.2. The van der Waals surface area contributed by atoms with Crippen LogP contribution in [0, 0.1) is 12.3 Å². The zero-order valence-corrected chi connectivity index (χ0v) is 13.0. The Bertz CT molecular complexity index is 741. The van der Waals surface area contributed by atoms with Crippen molar-refractivity contribution in [1.82, 2.24) is 19.5 Å². The Hall–Kier alpha value is -1.98. The van der Waals surface area contributed by atoms with Crippen LogP contribution in [0.15, 0.2) is 6.33 Å². The summed E-state index contributed by atoms with van der Waals surface area (Å²) >= 11 is 1.56. The van der Waals surface area contributed by atoms with Crippen LogP contribution in [0.1, 0.15) is 25.1 Å². The summed E-state index contributed by atoms with van der Waals surface area (Å²) in [5, 5.41) is 9.62. The van der Waals surface area contributed by atoms with Gasteiger partial charge in [0, 0.05) is 0 Å².